The third-order valence-corrected chi connectivity index (χ3v) is 2.60. The summed E-state index contributed by atoms with van der Waals surface area (Å²) < 4.78 is 14.1. The first-order valence-electron chi connectivity index (χ1n) is 4.22. The molecule has 0 saturated carbocycles. The van der Waals surface area contributed by atoms with Crippen molar-refractivity contribution in [3.05, 3.63) is 36.7 Å². The quantitative estimate of drug-likeness (QED) is 0.734. The van der Waals surface area contributed by atoms with Crippen molar-refractivity contribution >= 4 is 11.0 Å². The second kappa shape index (κ2) is 5.72. The summed E-state index contributed by atoms with van der Waals surface area (Å²) >= 11 is 0. The highest BCUT2D eigenvalue weighted by Gasteiger charge is 2.00. The van der Waals surface area contributed by atoms with E-state index in [-0.39, 0.29) is 0 Å². The first-order chi connectivity index (χ1) is 6.33. The average molecular weight is 198 g/mol. The fourth-order valence-electron chi connectivity index (χ4n) is 0.927. The molecular formula is C9H14N2OS. The van der Waals surface area contributed by atoms with E-state index in [1.807, 2.05) is 48.5 Å². The zero-order valence-corrected chi connectivity index (χ0v) is 8.46. The van der Waals surface area contributed by atoms with Gasteiger partial charge < -0.3 is 4.90 Å². The Hall–Kier alpha value is -0.870. The molecular weight excluding hydrogens is 184 g/mol. The van der Waals surface area contributed by atoms with E-state index >= 15 is 0 Å². The van der Waals surface area contributed by atoms with Crippen LogP contribution in [0.2, 0.25) is 0 Å². The van der Waals surface area contributed by atoms with Gasteiger partial charge in [0.2, 0.25) is 0 Å². The van der Waals surface area contributed by atoms with Gasteiger partial charge in [-0.05, 0) is 12.2 Å². The van der Waals surface area contributed by atoms with Crippen LogP contribution in [0, 0.1) is 0 Å². The summed E-state index contributed by atoms with van der Waals surface area (Å²) in [5.74, 6) is 0.489. The van der Waals surface area contributed by atoms with Crippen molar-refractivity contribution in [3.8, 4) is 0 Å². The van der Waals surface area contributed by atoms with Gasteiger partial charge in [0.05, 0.1) is 0 Å². The Morgan fingerprint density at radius 3 is 2.38 bits per heavy atom. The number of rotatable bonds is 4. The number of nitrogens with one attached hydrogen (secondary N) is 1. The molecule has 72 valence electrons. The predicted molar refractivity (Wildman–Crippen MR) is 55.9 cm³/mol. The third-order valence-electron chi connectivity index (χ3n) is 1.46. The molecule has 1 aliphatic heterocycles. The van der Waals surface area contributed by atoms with Gasteiger partial charge in [0.1, 0.15) is 16.9 Å². The second-order valence-corrected chi connectivity index (χ2v) is 3.79. The number of nitrogens with zero attached hydrogens (tertiary/aromatic N) is 1. The molecule has 0 aromatic rings. The maximum atomic E-state index is 11.3. The molecule has 0 aromatic heterocycles. The van der Waals surface area contributed by atoms with E-state index < -0.39 is 11.0 Å². The number of hydrogen-bond donors (Lipinski definition) is 1. The highest BCUT2D eigenvalue weighted by Crippen LogP contribution is 1.98. The summed E-state index contributed by atoms with van der Waals surface area (Å²) in [4.78, 5) is 1.89. The first-order valence-corrected chi connectivity index (χ1v) is 5.54. The van der Waals surface area contributed by atoms with E-state index in [2.05, 4.69) is 4.72 Å². The van der Waals surface area contributed by atoms with Crippen LogP contribution >= 0.6 is 0 Å². The zero-order chi connectivity index (χ0) is 9.52. The van der Waals surface area contributed by atoms with Gasteiger partial charge in [-0.15, -0.1) is 0 Å². The molecule has 0 aromatic carbocycles. The van der Waals surface area contributed by atoms with Gasteiger partial charge in [-0.2, -0.15) is 0 Å². The van der Waals surface area contributed by atoms with E-state index in [0.717, 1.165) is 6.54 Å². The largest absolute Gasteiger partial charge is 0.341 e. The van der Waals surface area contributed by atoms with E-state index in [4.69, 9.17) is 0 Å². The molecule has 3 nitrogen and oxygen atoms in total. The normalized spacial score (nSPS) is 17.5. The van der Waals surface area contributed by atoms with Crippen molar-refractivity contribution in [1.82, 2.24) is 9.62 Å². The Bertz CT molecular complexity index is 242. The molecule has 1 unspecified atom stereocenters. The maximum Gasteiger partial charge on any atom is 0.112 e. The van der Waals surface area contributed by atoms with Gasteiger partial charge >= 0.3 is 0 Å². The van der Waals surface area contributed by atoms with Gasteiger partial charge in [0, 0.05) is 18.9 Å². The second-order valence-electron chi connectivity index (χ2n) is 2.55. The van der Waals surface area contributed by atoms with Crippen molar-refractivity contribution in [1.29, 1.82) is 0 Å². The topological polar surface area (TPSA) is 32.3 Å². The summed E-state index contributed by atoms with van der Waals surface area (Å²) in [6, 6.07) is 0. The van der Waals surface area contributed by atoms with Crippen molar-refractivity contribution in [3.63, 3.8) is 0 Å². The smallest absolute Gasteiger partial charge is 0.112 e. The van der Waals surface area contributed by atoms with Crippen molar-refractivity contribution in [2.75, 3.05) is 12.4 Å². The van der Waals surface area contributed by atoms with Gasteiger partial charge in [0.15, 0.2) is 0 Å². The lowest BCUT2D eigenvalue weighted by Gasteiger charge is -2.13. The zero-order valence-electron chi connectivity index (χ0n) is 7.64. The minimum absolute atomic E-state index is 0.489. The molecule has 0 bridgehead atoms. The fourth-order valence-corrected chi connectivity index (χ4v) is 1.78. The molecule has 4 heteroatoms. The lowest BCUT2D eigenvalue weighted by molar-refractivity contribution is 0.578. The molecule has 0 radical (unpaired) electrons. The highest BCUT2D eigenvalue weighted by atomic mass is 32.2. The lowest BCUT2D eigenvalue weighted by atomic mass is 10.5. The van der Waals surface area contributed by atoms with Crippen LogP contribution in [0.3, 0.4) is 0 Å². The van der Waals surface area contributed by atoms with Gasteiger partial charge in [-0.3, -0.25) is 0 Å². The van der Waals surface area contributed by atoms with E-state index in [9.17, 15) is 4.21 Å². The number of allylic oxidation sites excluding steroid dienone is 4. The molecule has 1 heterocycles. The summed E-state index contributed by atoms with van der Waals surface area (Å²) in [5, 5.41) is 0. The molecule has 1 rings (SSSR count). The Morgan fingerprint density at radius 2 is 1.85 bits per heavy atom. The van der Waals surface area contributed by atoms with Crippen LogP contribution < -0.4 is 4.72 Å². The van der Waals surface area contributed by atoms with E-state index in [1.54, 1.807) is 0 Å². The van der Waals surface area contributed by atoms with Gasteiger partial charge in [-0.1, -0.05) is 19.1 Å². The average Bonchev–Trinajstić information content (AvgIpc) is 2.33. The SMILES string of the molecule is CCNS(=O)CN1C=CC=CC=C1. The molecule has 1 N–H and O–H groups in total. The number of hydrogen-bond acceptors (Lipinski definition) is 2. The Labute approximate surface area is 81.4 Å². The van der Waals surface area contributed by atoms with Gasteiger partial charge in [-0.25, -0.2) is 8.93 Å². The summed E-state index contributed by atoms with van der Waals surface area (Å²) in [5.41, 5.74) is 0. The monoisotopic (exact) mass is 198 g/mol. The molecule has 1 aliphatic rings. The third kappa shape index (κ3) is 4.05. The summed E-state index contributed by atoms with van der Waals surface area (Å²) in [6.07, 6.45) is 11.5. The Kier molecular flexibility index (Phi) is 4.49. The molecule has 0 amide bonds. The summed E-state index contributed by atoms with van der Waals surface area (Å²) in [7, 11) is -0.980. The van der Waals surface area contributed by atoms with Crippen molar-refractivity contribution < 1.29 is 4.21 Å². The van der Waals surface area contributed by atoms with Crippen LogP contribution in [-0.2, 0) is 11.0 Å². The molecule has 0 aliphatic carbocycles. The predicted octanol–water partition coefficient (Wildman–Crippen LogP) is 1.12. The Balaban J connectivity index is 2.40. The molecule has 0 fully saturated rings. The minimum atomic E-state index is -0.980. The maximum absolute atomic E-state index is 11.3. The van der Waals surface area contributed by atoms with Crippen LogP contribution in [0.25, 0.3) is 0 Å². The first kappa shape index (κ1) is 10.2. The highest BCUT2D eigenvalue weighted by molar-refractivity contribution is 7.82. The van der Waals surface area contributed by atoms with E-state index in [1.165, 1.54) is 0 Å². The van der Waals surface area contributed by atoms with Crippen LogP contribution in [0.5, 0.6) is 0 Å². The van der Waals surface area contributed by atoms with Crippen molar-refractivity contribution in [2.45, 2.75) is 6.92 Å². The van der Waals surface area contributed by atoms with Crippen LogP contribution in [0.15, 0.2) is 36.7 Å². The molecule has 1 atom stereocenters. The fraction of sp³-hybridized carbons (Fsp3) is 0.333. The minimum Gasteiger partial charge on any atom is -0.341 e. The summed E-state index contributed by atoms with van der Waals surface area (Å²) in [6.45, 7) is 2.67. The van der Waals surface area contributed by atoms with Crippen LogP contribution in [0.1, 0.15) is 6.92 Å². The molecule has 0 saturated heterocycles. The molecule has 0 spiro atoms. The lowest BCUT2D eigenvalue weighted by Crippen LogP contribution is -2.26. The van der Waals surface area contributed by atoms with E-state index in [0.29, 0.717) is 5.88 Å². The van der Waals surface area contributed by atoms with Gasteiger partial charge in [0.25, 0.3) is 0 Å². The Morgan fingerprint density at radius 1 is 1.23 bits per heavy atom. The van der Waals surface area contributed by atoms with Crippen molar-refractivity contribution in [2.24, 2.45) is 0 Å². The van der Waals surface area contributed by atoms with Crippen LogP contribution in [-0.4, -0.2) is 21.5 Å². The molecule has 13 heavy (non-hydrogen) atoms. The van der Waals surface area contributed by atoms with Crippen LogP contribution in [0.4, 0.5) is 0 Å². The standard InChI is InChI=1S/C9H14N2OS/c1-2-10-13(12)9-11-7-5-3-4-6-8-11/h3-8,10H,2,9H2,1H3.